The third kappa shape index (κ3) is 2.46. The van der Waals surface area contributed by atoms with Crippen LogP contribution in [0, 0.1) is 0 Å². The van der Waals surface area contributed by atoms with E-state index in [1.807, 2.05) is 24.3 Å². The normalized spacial score (nSPS) is 20.8. The number of ether oxygens (including phenoxy) is 1. The Morgan fingerprint density at radius 3 is 2.00 bits per heavy atom. The van der Waals surface area contributed by atoms with Gasteiger partial charge in [-0.1, -0.05) is 48.5 Å². The molecule has 1 fully saturated rings. The quantitative estimate of drug-likeness (QED) is 0.628. The number of hydrogen-bond donors (Lipinski definition) is 0. The van der Waals surface area contributed by atoms with Crippen molar-refractivity contribution in [2.75, 3.05) is 16.3 Å². The summed E-state index contributed by atoms with van der Waals surface area (Å²) in [6.07, 6.45) is -0.717. The van der Waals surface area contributed by atoms with Gasteiger partial charge in [0.2, 0.25) is 5.78 Å². The van der Waals surface area contributed by atoms with Gasteiger partial charge in [0.25, 0.3) is 11.5 Å². The van der Waals surface area contributed by atoms with Crippen molar-refractivity contribution in [2.45, 2.75) is 5.60 Å². The lowest BCUT2D eigenvalue weighted by molar-refractivity contribution is -0.129. The van der Waals surface area contributed by atoms with Crippen LogP contribution in [-0.2, 0) is 9.53 Å². The lowest BCUT2D eigenvalue weighted by atomic mass is 9.85. The first-order valence-electron chi connectivity index (χ1n) is 9.21. The fourth-order valence-corrected chi connectivity index (χ4v) is 3.86. The zero-order valence-electron chi connectivity index (χ0n) is 15.3. The van der Waals surface area contributed by atoms with Crippen LogP contribution in [0.1, 0.15) is 10.4 Å². The van der Waals surface area contributed by atoms with E-state index in [1.165, 1.54) is 9.80 Å². The molecule has 0 saturated carbocycles. The summed E-state index contributed by atoms with van der Waals surface area (Å²) in [5, 5.41) is 0. The molecule has 1 spiro atoms. The van der Waals surface area contributed by atoms with Crippen molar-refractivity contribution in [3.05, 3.63) is 90.5 Å². The highest BCUT2D eigenvalue weighted by atomic mass is 16.6. The molecule has 3 aromatic carbocycles. The summed E-state index contributed by atoms with van der Waals surface area (Å²) in [5.74, 6) is -1.07. The minimum atomic E-state index is -1.92. The molecule has 0 radical (unpaired) electrons. The zero-order valence-corrected chi connectivity index (χ0v) is 15.3. The van der Waals surface area contributed by atoms with Crippen molar-refractivity contribution in [1.82, 2.24) is 0 Å². The third-order valence-corrected chi connectivity index (χ3v) is 5.25. The standard InChI is InChI=1S/C23H16N2O4/c26-20-18-13-7-8-14-19(18)25(17-11-5-2-6-12-17)21(27)23(20)15-24(22(28)29-23)16-9-3-1-4-10-16/h1-14H,15H2. The molecule has 29 heavy (non-hydrogen) atoms. The number of rotatable bonds is 2. The van der Waals surface area contributed by atoms with E-state index < -0.39 is 23.4 Å². The molecule has 2 amide bonds. The lowest BCUT2D eigenvalue weighted by Crippen LogP contribution is -2.59. The molecule has 0 N–H and O–H groups in total. The van der Waals surface area contributed by atoms with Gasteiger partial charge in [-0.3, -0.25) is 19.4 Å². The highest BCUT2D eigenvalue weighted by Crippen LogP contribution is 2.42. The van der Waals surface area contributed by atoms with Gasteiger partial charge in [-0.05, 0) is 36.4 Å². The van der Waals surface area contributed by atoms with Crippen molar-refractivity contribution < 1.29 is 19.1 Å². The highest BCUT2D eigenvalue weighted by Gasteiger charge is 2.62. The lowest BCUT2D eigenvalue weighted by Gasteiger charge is -2.37. The summed E-state index contributed by atoms with van der Waals surface area (Å²) in [5.41, 5.74) is 0.0789. The number of carbonyl (C=O) groups excluding carboxylic acids is 3. The number of hydrogen-bond acceptors (Lipinski definition) is 4. The van der Waals surface area contributed by atoms with Crippen LogP contribution in [0.5, 0.6) is 0 Å². The number of anilines is 3. The average molecular weight is 384 g/mol. The predicted molar refractivity (Wildman–Crippen MR) is 107 cm³/mol. The number of nitrogens with zero attached hydrogens (tertiary/aromatic N) is 2. The number of benzene rings is 3. The minimum absolute atomic E-state index is 0.175. The van der Waals surface area contributed by atoms with Crippen LogP contribution in [0.3, 0.4) is 0 Å². The van der Waals surface area contributed by atoms with Gasteiger partial charge in [-0.15, -0.1) is 0 Å². The van der Waals surface area contributed by atoms with Crippen molar-refractivity contribution in [2.24, 2.45) is 0 Å². The van der Waals surface area contributed by atoms with Crippen molar-refractivity contribution >= 4 is 34.8 Å². The smallest absolute Gasteiger partial charge is 0.416 e. The molecule has 142 valence electrons. The van der Waals surface area contributed by atoms with E-state index in [4.69, 9.17) is 4.74 Å². The molecule has 1 atom stereocenters. The molecule has 6 nitrogen and oxygen atoms in total. The molecule has 2 aliphatic rings. The molecular weight excluding hydrogens is 368 g/mol. The Labute approximate surface area is 166 Å². The van der Waals surface area contributed by atoms with Crippen LogP contribution < -0.4 is 9.80 Å². The van der Waals surface area contributed by atoms with Crippen molar-refractivity contribution in [3.63, 3.8) is 0 Å². The first kappa shape index (κ1) is 17.2. The number of fused-ring (bicyclic) bond motifs is 1. The summed E-state index contributed by atoms with van der Waals surface area (Å²) in [4.78, 5) is 42.5. The van der Waals surface area contributed by atoms with Crippen molar-refractivity contribution in [3.8, 4) is 0 Å². The summed E-state index contributed by atoms with van der Waals surface area (Å²) in [6, 6.07) is 24.8. The molecular formula is C23H16N2O4. The summed E-state index contributed by atoms with van der Waals surface area (Å²) < 4.78 is 5.54. The second-order valence-corrected chi connectivity index (χ2v) is 6.94. The summed E-state index contributed by atoms with van der Waals surface area (Å²) in [7, 11) is 0. The molecule has 0 aliphatic carbocycles. The van der Waals surface area contributed by atoms with Crippen LogP contribution in [0.25, 0.3) is 0 Å². The van der Waals surface area contributed by atoms with Crippen LogP contribution in [0.15, 0.2) is 84.9 Å². The van der Waals surface area contributed by atoms with E-state index in [-0.39, 0.29) is 6.54 Å². The van der Waals surface area contributed by atoms with Crippen LogP contribution in [0.2, 0.25) is 0 Å². The van der Waals surface area contributed by atoms with Crippen LogP contribution >= 0.6 is 0 Å². The van der Waals surface area contributed by atoms with Crippen LogP contribution in [0.4, 0.5) is 21.9 Å². The Morgan fingerprint density at radius 2 is 1.31 bits per heavy atom. The summed E-state index contributed by atoms with van der Waals surface area (Å²) in [6.45, 7) is -0.175. The largest absolute Gasteiger partial charge is 0.422 e. The number of Topliss-reactive ketones (excluding diaryl/α,β-unsaturated/α-hetero) is 1. The van der Waals surface area contributed by atoms with Crippen molar-refractivity contribution in [1.29, 1.82) is 0 Å². The molecule has 1 unspecified atom stereocenters. The number of ketones is 1. The fourth-order valence-electron chi connectivity index (χ4n) is 3.86. The average Bonchev–Trinajstić information content (AvgIpc) is 3.12. The van der Waals surface area contributed by atoms with Gasteiger partial charge < -0.3 is 4.74 Å². The Hall–Kier alpha value is -3.93. The Kier molecular flexibility index (Phi) is 3.74. The SMILES string of the molecule is O=C1OC2(CN1c1ccccc1)C(=O)c1ccccc1N(c1ccccc1)C2=O. The van der Waals surface area contributed by atoms with E-state index in [1.54, 1.807) is 60.7 Å². The Morgan fingerprint density at radius 1 is 0.724 bits per heavy atom. The number of carbonyl (C=O) groups is 3. The van der Waals surface area contributed by atoms with Gasteiger partial charge in [0.05, 0.1) is 12.2 Å². The predicted octanol–water partition coefficient (Wildman–Crippen LogP) is 3.94. The fraction of sp³-hybridized carbons (Fsp3) is 0.0870. The van der Waals surface area contributed by atoms with E-state index in [0.29, 0.717) is 22.6 Å². The molecule has 3 aromatic rings. The molecule has 0 aromatic heterocycles. The van der Waals surface area contributed by atoms with Gasteiger partial charge in [0, 0.05) is 16.9 Å². The molecule has 0 bridgehead atoms. The summed E-state index contributed by atoms with van der Waals surface area (Å²) >= 11 is 0. The monoisotopic (exact) mass is 384 g/mol. The number of amides is 2. The molecule has 2 heterocycles. The van der Waals surface area contributed by atoms with E-state index >= 15 is 0 Å². The Balaban J connectivity index is 1.66. The van der Waals surface area contributed by atoms with E-state index in [2.05, 4.69) is 0 Å². The topological polar surface area (TPSA) is 66.9 Å². The second-order valence-electron chi connectivity index (χ2n) is 6.94. The molecule has 1 saturated heterocycles. The Bertz CT molecular complexity index is 1130. The maximum Gasteiger partial charge on any atom is 0.416 e. The molecule has 2 aliphatic heterocycles. The first-order valence-corrected chi connectivity index (χ1v) is 9.21. The zero-order chi connectivity index (χ0) is 20.0. The maximum absolute atomic E-state index is 13.6. The van der Waals surface area contributed by atoms with Gasteiger partial charge in [0.15, 0.2) is 0 Å². The molecule has 5 rings (SSSR count). The highest BCUT2D eigenvalue weighted by molar-refractivity contribution is 6.31. The van der Waals surface area contributed by atoms with E-state index in [0.717, 1.165) is 0 Å². The van der Waals surface area contributed by atoms with Gasteiger partial charge in [-0.2, -0.15) is 0 Å². The van der Waals surface area contributed by atoms with Gasteiger partial charge in [0.1, 0.15) is 0 Å². The van der Waals surface area contributed by atoms with Crippen LogP contribution in [-0.4, -0.2) is 29.9 Å². The van der Waals surface area contributed by atoms with Gasteiger partial charge in [-0.25, -0.2) is 4.79 Å². The van der Waals surface area contributed by atoms with E-state index in [9.17, 15) is 14.4 Å². The minimum Gasteiger partial charge on any atom is -0.422 e. The number of para-hydroxylation sites is 3. The third-order valence-electron chi connectivity index (χ3n) is 5.25. The second kappa shape index (κ2) is 6.31. The maximum atomic E-state index is 13.6. The first-order chi connectivity index (χ1) is 14.1. The molecule has 6 heteroatoms. The van der Waals surface area contributed by atoms with Gasteiger partial charge >= 0.3 is 6.09 Å².